The summed E-state index contributed by atoms with van der Waals surface area (Å²) in [4.78, 5) is 0. The zero-order valence-electron chi connectivity index (χ0n) is 9.88. The molecule has 1 rings (SSSR count). The van der Waals surface area contributed by atoms with Gasteiger partial charge in [-0.3, -0.25) is 0 Å². The van der Waals surface area contributed by atoms with Crippen LogP contribution in [0.4, 0.5) is 0 Å². The van der Waals surface area contributed by atoms with E-state index >= 15 is 0 Å². The summed E-state index contributed by atoms with van der Waals surface area (Å²) in [6, 6.07) is 8.18. The highest BCUT2D eigenvalue weighted by Crippen LogP contribution is 2.20. The van der Waals surface area contributed by atoms with Crippen molar-refractivity contribution in [2.24, 2.45) is 0 Å². The predicted octanol–water partition coefficient (Wildman–Crippen LogP) is 2.07. The number of aliphatic hydroxyl groups is 1. The van der Waals surface area contributed by atoms with Gasteiger partial charge in [0, 0.05) is 6.54 Å². The lowest BCUT2D eigenvalue weighted by Crippen LogP contribution is -2.35. The van der Waals surface area contributed by atoms with Crippen LogP contribution in [0.5, 0.6) is 0 Å². The maximum absolute atomic E-state index is 10.2. The topological polar surface area (TPSA) is 32.3 Å². The first kappa shape index (κ1) is 12.2. The molecule has 84 valence electrons. The Hall–Kier alpha value is -0.860. The quantitative estimate of drug-likeness (QED) is 0.774. The number of rotatable bonds is 5. The van der Waals surface area contributed by atoms with Gasteiger partial charge in [-0.05, 0) is 31.0 Å². The Morgan fingerprint density at radius 2 is 1.80 bits per heavy atom. The van der Waals surface area contributed by atoms with Crippen LogP contribution in [-0.2, 0) is 12.0 Å². The molecule has 2 nitrogen and oxygen atoms in total. The van der Waals surface area contributed by atoms with Crippen LogP contribution < -0.4 is 5.32 Å². The molecule has 0 saturated heterocycles. The van der Waals surface area contributed by atoms with Gasteiger partial charge in [0.2, 0.25) is 0 Å². The average Bonchev–Trinajstić information content (AvgIpc) is 2.26. The van der Waals surface area contributed by atoms with Gasteiger partial charge in [0.15, 0.2) is 0 Å². The number of benzene rings is 1. The van der Waals surface area contributed by atoms with Crippen molar-refractivity contribution in [3.63, 3.8) is 0 Å². The fraction of sp³-hybridized carbons (Fsp3) is 0.538. The predicted molar refractivity (Wildman–Crippen MR) is 63.9 cm³/mol. The zero-order valence-corrected chi connectivity index (χ0v) is 9.88. The summed E-state index contributed by atoms with van der Waals surface area (Å²) < 4.78 is 0. The summed E-state index contributed by atoms with van der Waals surface area (Å²) in [5, 5.41) is 13.4. The summed E-state index contributed by atoms with van der Waals surface area (Å²) in [5.41, 5.74) is 1.50. The van der Waals surface area contributed by atoms with E-state index in [1.165, 1.54) is 5.56 Å². The largest absolute Gasteiger partial charge is 0.384 e. The summed E-state index contributed by atoms with van der Waals surface area (Å²) in [6.07, 6.45) is 1.04. The first-order valence-electron chi connectivity index (χ1n) is 5.62. The highest BCUT2D eigenvalue weighted by atomic mass is 16.3. The van der Waals surface area contributed by atoms with Crippen molar-refractivity contribution in [2.75, 3.05) is 13.1 Å². The molecule has 1 aromatic carbocycles. The van der Waals surface area contributed by atoms with E-state index < -0.39 is 5.60 Å². The summed E-state index contributed by atoms with van der Waals surface area (Å²) in [7, 11) is 0. The van der Waals surface area contributed by atoms with Gasteiger partial charge in [-0.1, -0.05) is 38.1 Å². The smallest absolute Gasteiger partial charge is 0.0992 e. The molecule has 0 amide bonds. The molecular formula is C13H21NO. The Kier molecular flexibility index (Phi) is 4.30. The Morgan fingerprint density at radius 3 is 2.27 bits per heavy atom. The molecular weight excluding hydrogens is 186 g/mol. The number of hydrogen-bond acceptors (Lipinski definition) is 2. The minimum absolute atomic E-state index is 0.592. The second-order valence-corrected chi connectivity index (χ2v) is 4.10. The highest BCUT2D eigenvalue weighted by molar-refractivity contribution is 5.27. The van der Waals surface area contributed by atoms with Crippen LogP contribution in [0.2, 0.25) is 0 Å². The van der Waals surface area contributed by atoms with Crippen LogP contribution in [-0.4, -0.2) is 18.2 Å². The van der Waals surface area contributed by atoms with Crippen molar-refractivity contribution in [2.45, 2.75) is 32.8 Å². The number of nitrogens with one attached hydrogen (secondary N) is 1. The lowest BCUT2D eigenvalue weighted by molar-refractivity contribution is 0.0576. The molecule has 0 bridgehead atoms. The van der Waals surface area contributed by atoms with E-state index in [1.807, 2.05) is 26.0 Å². The van der Waals surface area contributed by atoms with Gasteiger partial charge in [0.25, 0.3) is 0 Å². The Bertz CT molecular complexity index is 290. The van der Waals surface area contributed by atoms with Crippen LogP contribution in [0.25, 0.3) is 0 Å². The van der Waals surface area contributed by atoms with Gasteiger partial charge in [0.1, 0.15) is 0 Å². The van der Waals surface area contributed by atoms with Gasteiger partial charge in [-0.15, -0.1) is 0 Å². The fourth-order valence-electron chi connectivity index (χ4n) is 1.57. The standard InChI is InChI=1S/C13H21NO/c1-4-11-6-8-12(9-7-11)13(3,15)10-14-5-2/h6-9,14-15H,4-5,10H2,1-3H3. The Balaban J connectivity index is 2.75. The van der Waals surface area contributed by atoms with Crippen molar-refractivity contribution < 1.29 is 5.11 Å². The van der Waals surface area contributed by atoms with Crippen molar-refractivity contribution in [1.82, 2.24) is 5.32 Å². The molecule has 2 heteroatoms. The van der Waals surface area contributed by atoms with Crippen LogP contribution in [0.3, 0.4) is 0 Å². The van der Waals surface area contributed by atoms with Crippen molar-refractivity contribution in [3.8, 4) is 0 Å². The van der Waals surface area contributed by atoms with E-state index in [4.69, 9.17) is 0 Å². The maximum atomic E-state index is 10.2. The SMILES string of the molecule is CCNCC(C)(O)c1ccc(CC)cc1. The van der Waals surface area contributed by atoms with Gasteiger partial charge in [-0.2, -0.15) is 0 Å². The van der Waals surface area contributed by atoms with Crippen LogP contribution in [0.15, 0.2) is 24.3 Å². The van der Waals surface area contributed by atoms with Crippen LogP contribution >= 0.6 is 0 Å². The second kappa shape index (κ2) is 5.29. The molecule has 15 heavy (non-hydrogen) atoms. The van der Waals surface area contributed by atoms with E-state index in [2.05, 4.69) is 24.4 Å². The zero-order chi connectivity index (χ0) is 11.3. The molecule has 0 fully saturated rings. The van der Waals surface area contributed by atoms with Gasteiger partial charge < -0.3 is 10.4 Å². The monoisotopic (exact) mass is 207 g/mol. The molecule has 0 aliphatic rings. The first-order valence-corrected chi connectivity index (χ1v) is 5.62. The third-order valence-corrected chi connectivity index (χ3v) is 2.70. The number of hydrogen-bond donors (Lipinski definition) is 2. The van der Waals surface area contributed by atoms with Crippen molar-refractivity contribution >= 4 is 0 Å². The summed E-state index contributed by atoms with van der Waals surface area (Å²) in [6.45, 7) is 7.48. The van der Waals surface area contributed by atoms with Crippen LogP contribution in [0, 0.1) is 0 Å². The average molecular weight is 207 g/mol. The highest BCUT2D eigenvalue weighted by Gasteiger charge is 2.21. The molecule has 1 atom stereocenters. The van der Waals surface area contributed by atoms with Gasteiger partial charge in [-0.25, -0.2) is 0 Å². The minimum Gasteiger partial charge on any atom is -0.384 e. The third kappa shape index (κ3) is 3.33. The number of aryl methyl sites for hydroxylation is 1. The lowest BCUT2D eigenvalue weighted by Gasteiger charge is -2.24. The van der Waals surface area contributed by atoms with Crippen molar-refractivity contribution in [3.05, 3.63) is 35.4 Å². The molecule has 0 aliphatic heterocycles. The Labute approximate surface area is 92.3 Å². The molecule has 0 saturated carbocycles. The molecule has 0 aromatic heterocycles. The second-order valence-electron chi connectivity index (χ2n) is 4.10. The molecule has 0 aliphatic carbocycles. The van der Waals surface area contributed by atoms with Gasteiger partial charge in [0.05, 0.1) is 5.60 Å². The first-order chi connectivity index (χ1) is 7.10. The lowest BCUT2D eigenvalue weighted by atomic mass is 9.94. The van der Waals surface area contributed by atoms with Crippen molar-refractivity contribution in [1.29, 1.82) is 0 Å². The molecule has 1 unspecified atom stereocenters. The van der Waals surface area contributed by atoms with E-state index in [0.29, 0.717) is 6.54 Å². The Morgan fingerprint density at radius 1 is 1.20 bits per heavy atom. The van der Waals surface area contributed by atoms with E-state index in [-0.39, 0.29) is 0 Å². The van der Waals surface area contributed by atoms with E-state index in [9.17, 15) is 5.11 Å². The summed E-state index contributed by atoms with van der Waals surface area (Å²) >= 11 is 0. The molecule has 0 radical (unpaired) electrons. The van der Waals surface area contributed by atoms with E-state index in [1.54, 1.807) is 0 Å². The molecule has 1 aromatic rings. The molecule has 2 N–H and O–H groups in total. The molecule has 0 heterocycles. The van der Waals surface area contributed by atoms with Gasteiger partial charge >= 0.3 is 0 Å². The molecule has 0 spiro atoms. The minimum atomic E-state index is -0.776. The maximum Gasteiger partial charge on any atom is 0.0992 e. The fourth-order valence-corrected chi connectivity index (χ4v) is 1.57. The third-order valence-electron chi connectivity index (χ3n) is 2.70. The van der Waals surface area contributed by atoms with Crippen LogP contribution in [0.1, 0.15) is 31.9 Å². The normalized spacial score (nSPS) is 14.9. The summed E-state index contributed by atoms with van der Waals surface area (Å²) in [5.74, 6) is 0. The van der Waals surface area contributed by atoms with E-state index in [0.717, 1.165) is 18.5 Å². The number of likely N-dealkylation sites (N-methyl/N-ethyl adjacent to an activating group) is 1.